The number of carbonyl (C=O) groups is 1. The molecule has 2 atom stereocenters. The van der Waals surface area contributed by atoms with Gasteiger partial charge < -0.3 is 14.9 Å². The average Bonchev–Trinajstić information content (AvgIpc) is 2.79. The van der Waals surface area contributed by atoms with Gasteiger partial charge in [0.15, 0.2) is 5.75 Å². The van der Waals surface area contributed by atoms with Crippen molar-refractivity contribution in [3.8, 4) is 5.75 Å². The van der Waals surface area contributed by atoms with Gasteiger partial charge in [-0.25, -0.2) is 0 Å². The number of aliphatic hydroxyl groups excluding tert-OH is 1. The number of carboxylic acids is 1. The van der Waals surface area contributed by atoms with Crippen LogP contribution in [0, 0.1) is 10.1 Å². The SMILES string of the molecule is COc1ccc(CN2CC(O)CC2C(=O)O)cc1[N+](=O)[O-]. The summed E-state index contributed by atoms with van der Waals surface area (Å²) in [6, 6.07) is 3.72. The Hall–Kier alpha value is -2.19. The number of aliphatic hydroxyl groups is 1. The van der Waals surface area contributed by atoms with Crippen LogP contribution < -0.4 is 4.74 Å². The van der Waals surface area contributed by atoms with Crippen LogP contribution in [0.2, 0.25) is 0 Å². The van der Waals surface area contributed by atoms with Crippen molar-refractivity contribution in [2.75, 3.05) is 13.7 Å². The Balaban J connectivity index is 2.21. The summed E-state index contributed by atoms with van der Waals surface area (Å²) >= 11 is 0. The molecule has 1 saturated heterocycles. The van der Waals surface area contributed by atoms with E-state index in [0.717, 1.165) is 0 Å². The second kappa shape index (κ2) is 6.06. The zero-order valence-electron chi connectivity index (χ0n) is 11.4. The number of nitrogens with zero attached hydrogens (tertiary/aromatic N) is 2. The maximum Gasteiger partial charge on any atom is 0.321 e. The molecule has 8 nitrogen and oxygen atoms in total. The van der Waals surface area contributed by atoms with Gasteiger partial charge in [0.1, 0.15) is 6.04 Å². The summed E-state index contributed by atoms with van der Waals surface area (Å²) in [7, 11) is 1.35. The summed E-state index contributed by atoms with van der Waals surface area (Å²) in [6.07, 6.45) is -0.535. The quantitative estimate of drug-likeness (QED) is 0.605. The molecule has 8 heteroatoms. The molecule has 1 heterocycles. The van der Waals surface area contributed by atoms with Crippen molar-refractivity contribution in [3.63, 3.8) is 0 Å². The van der Waals surface area contributed by atoms with Gasteiger partial charge in [-0.15, -0.1) is 0 Å². The van der Waals surface area contributed by atoms with Crippen molar-refractivity contribution in [2.24, 2.45) is 0 Å². The Morgan fingerprint density at radius 2 is 2.29 bits per heavy atom. The molecule has 0 aliphatic carbocycles. The Labute approximate surface area is 120 Å². The number of nitro benzene ring substituents is 1. The first-order valence-electron chi connectivity index (χ1n) is 6.38. The van der Waals surface area contributed by atoms with E-state index in [4.69, 9.17) is 9.84 Å². The van der Waals surface area contributed by atoms with Crippen molar-refractivity contribution in [2.45, 2.75) is 25.1 Å². The number of ether oxygens (including phenoxy) is 1. The van der Waals surface area contributed by atoms with Gasteiger partial charge in [0.25, 0.3) is 0 Å². The van der Waals surface area contributed by atoms with Crippen LogP contribution in [0.3, 0.4) is 0 Å². The van der Waals surface area contributed by atoms with Crippen molar-refractivity contribution < 1.29 is 24.7 Å². The lowest BCUT2D eigenvalue weighted by Gasteiger charge is -2.20. The molecule has 2 unspecified atom stereocenters. The van der Waals surface area contributed by atoms with E-state index in [1.807, 2.05) is 0 Å². The minimum absolute atomic E-state index is 0.153. The lowest BCUT2D eigenvalue weighted by Crippen LogP contribution is -2.35. The number of aliphatic carboxylic acids is 1. The molecule has 0 radical (unpaired) electrons. The molecule has 0 amide bonds. The first-order chi connectivity index (χ1) is 9.92. The predicted octanol–water partition coefficient (Wildman–Crippen LogP) is 0.623. The van der Waals surface area contributed by atoms with E-state index in [1.165, 1.54) is 19.2 Å². The van der Waals surface area contributed by atoms with Crippen molar-refractivity contribution in [3.05, 3.63) is 33.9 Å². The number of benzene rings is 1. The average molecular weight is 296 g/mol. The van der Waals surface area contributed by atoms with Crippen LogP contribution in [0.15, 0.2) is 18.2 Å². The fraction of sp³-hybridized carbons (Fsp3) is 0.462. The number of methoxy groups -OCH3 is 1. The lowest BCUT2D eigenvalue weighted by atomic mass is 10.1. The number of hydrogen-bond donors (Lipinski definition) is 2. The molecule has 0 spiro atoms. The third-order valence-corrected chi connectivity index (χ3v) is 3.49. The van der Waals surface area contributed by atoms with Gasteiger partial charge in [0.05, 0.1) is 18.1 Å². The van der Waals surface area contributed by atoms with E-state index in [-0.39, 0.29) is 30.9 Å². The van der Waals surface area contributed by atoms with E-state index in [2.05, 4.69) is 0 Å². The minimum atomic E-state index is -1.01. The third-order valence-electron chi connectivity index (χ3n) is 3.49. The summed E-state index contributed by atoms with van der Waals surface area (Å²) < 4.78 is 4.92. The van der Waals surface area contributed by atoms with E-state index in [0.29, 0.717) is 5.56 Å². The molecule has 1 fully saturated rings. The lowest BCUT2D eigenvalue weighted by molar-refractivity contribution is -0.385. The first-order valence-corrected chi connectivity index (χ1v) is 6.38. The molecule has 1 aromatic carbocycles. The van der Waals surface area contributed by atoms with Gasteiger partial charge in [-0.2, -0.15) is 0 Å². The standard InChI is InChI=1S/C13H16N2O6/c1-21-12-3-2-8(4-10(12)15(19)20)6-14-7-9(16)5-11(14)13(17)18/h2-4,9,11,16H,5-7H2,1H3,(H,17,18). The molecular weight excluding hydrogens is 280 g/mol. The maximum absolute atomic E-state index is 11.1. The molecule has 1 aliphatic heterocycles. The van der Waals surface area contributed by atoms with Crippen LogP contribution in [0.1, 0.15) is 12.0 Å². The van der Waals surface area contributed by atoms with E-state index in [1.54, 1.807) is 11.0 Å². The summed E-state index contributed by atoms with van der Waals surface area (Å²) in [5.41, 5.74) is 0.435. The highest BCUT2D eigenvalue weighted by Crippen LogP contribution is 2.29. The van der Waals surface area contributed by atoms with Crippen molar-refractivity contribution in [1.82, 2.24) is 4.90 Å². The number of likely N-dealkylation sites (tertiary alicyclic amines) is 1. The van der Waals surface area contributed by atoms with Crippen LogP contribution in [0.5, 0.6) is 5.75 Å². The second-order valence-electron chi connectivity index (χ2n) is 4.94. The van der Waals surface area contributed by atoms with Crippen LogP contribution >= 0.6 is 0 Å². The fourth-order valence-electron chi connectivity index (χ4n) is 2.52. The Kier molecular flexibility index (Phi) is 4.39. The van der Waals surface area contributed by atoms with Gasteiger partial charge >= 0.3 is 11.7 Å². The molecule has 21 heavy (non-hydrogen) atoms. The highest BCUT2D eigenvalue weighted by atomic mass is 16.6. The Morgan fingerprint density at radius 3 is 2.86 bits per heavy atom. The number of nitro groups is 1. The van der Waals surface area contributed by atoms with Gasteiger partial charge in [0.2, 0.25) is 0 Å². The number of hydrogen-bond acceptors (Lipinski definition) is 6. The first kappa shape index (κ1) is 15.2. The summed E-state index contributed by atoms with van der Waals surface area (Å²) in [5, 5.41) is 29.7. The Bertz CT molecular complexity index is 562. The highest BCUT2D eigenvalue weighted by molar-refractivity contribution is 5.74. The van der Waals surface area contributed by atoms with E-state index < -0.39 is 23.0 Å². The molecule has 0 saturated carbocycles. The van der Waals surface area contributed by atoms with Gasteiger partial charge in [-0.05, 0) is 11.6 Å². The summed E-state index contributed by atoms with van der Waals surface area (Å²) in [5.74, 6) is -0.852. The molecule has 1 aliphatic rings. The molecule has 1 aromatic rings. The molecule has 2 rings (SSSR count). The fourth-order valence-corrected chi connectivity index (χ4v) is 2.52. The molecular formula is C13H16N2O6. The number of rotatable bonds is 5. The maximum atomic E-state index is 11.1. The zero-order valence-corrected chi connectivity index (χ0v) is 11.4. The number of carboxylic acid groups (broad SMARTS) is 1. The molecule has 0 bridgehead atoms. The topological polar surface area (TPSA) is 113 Å². The van der Waals surface area contributed by atoms with Crippen LogP contribution in [-0.2, 0) is 11.3 Å². The third kappa shape index (κ3) is 3.29. The van der Waals surface area contributed by atoms with Crippen LogP contribution in [0.4, 0.5) is 5.69 Å². The highest BCUT2D eigenvalue weighted by Gasteiger charge is 2.36. The zero-order chi connectivity index (χ0) is 15.6. The second-order valence-corrected chi connectivity index (χ2v) is 4.94. The van der Waals surface area contributed by atoms with Gasteiger partial charge in [-0.3, -0.25) is 19.8 Å². The number of β-amino-alcohol motifs (C(OH)–C–C–N with tert-alkyl or cyclic N) is 1. The normalized spacial score (nSPS) is 22.2. The largest absolute Gasteiger partial charge is 0.490 e. The van der Waals surface area contributed by atoms with Crippen molar-refractivity contribution >= 4 is 11.7 Å². The van der Waals surface area contributed by atoms with Crippen LogP contribution in [-0.4, -0.2) is 51.8 Å². The molecule has 114 valence electrons. The monoisotopic (exact) mass is 296 g/mol. The summed E-state index contributed by atoms with van der Waals surface area (Å²) in [4.78, 5) is 23.2. The van der Waals surface area contributed by atoms with Crippen LogP contribution in [0.25, 0.3) is 0 Å². The summed E-state index contributed by atoms with van der Waals surface area (Å²) in [6.45, 7) is 0.454. The molecule has 2 N–H and O–H groups in total. The minimum Gasteiger partial charge on any atom is -0.490 e. The predicted molar refractivity (Wildman–Crippen MR) is 72.1 cm³/mol. The van der Waals surface area contributed by atoms with E-state index in [9.17, 15) is 20.0 Å². The van der Waals surface area contributed by atoms with Crippen molar-refractivity contribution in [1.29, 1.82) is 0 Å². The van der Waals surface area contributed by atoms with Gasteiger partial charge in [-0.1, -0.05) is 6.07 Å². The Morgan fingerprint density at radius 1 is 1.57 bits per heavy atom. The van der Waals surface area contributed by atoms with E-state index >= 15 is 0 Å². The molecule has 0 aromatic heterocycles. The van der Waals surface area contributed by atoms with Gasteiger partial charge in [0, 0.05) is 25.6 Å². The smallest absolute Gasteiger partial charge is 0.321 e.